The molecule has 4 nitrogen and oxygen atoms in total. The number of hydrogen-bond donors (Lipinski definition) is 2. The van der Waals surface area contributed by atoms with E-state index in [1.54, 1.807) is 0 Å². The molecule has 0 bridgehead atoms. The van der Waals surface area contributed by atoms with Gasteiger partial charge in [-0.05, 0) is 36.2 Å². The molecule has 28 heavy (non-hydrogen) atoms. The van der Waals surface area contributed by atoms with E-state index in [-0.39, 0.29) is 12.5 Å². The van der Waals surface area contributed by atoms with Gasteiger partial charge in [-0.25, -0.2) is 0 Å². The number of ether oxygens (including phenoxy) is 1. The summed E-state index contributed by atoms with van der Waals surface area (Å²) in [6.07, 6.45) is 1.75. The van der Waals surface area contributed by atoms with Gasteiger partial charge >= 0.3 is 0 Å². The first-order valence-electron chi connectivity index (χ1n) is 9.61. The minimum Gasteiger partial charge on any atom is -0.493 e. The molecule has 0 fully saturated rings. The summed E-state index contributed by atoms with van der Waals surface area (Å²) >= 11 is 0. The zero-order valence-corrected chi connectivity index (χ0v) is 15.9. The van der Waals surface area contributed by atoms with Crippen LogP contribution < -0.4 is 15.4 Å². The second-order valence-corrected chi connectivity index (χ2v) is 6.57. The van der Waals surface area contributed by atoms with Crippen LogP contribution in [-0.2, 0) is 17.6 Å². The van der Waals surface area contributed by atoms with Gasteiger partial charge in [-0.2, -0.15) is 0 Å². The highest BCUT2D eigenvalue weighted by molar-refractivity contribution is 5.92. The van der Waals surface area contributed by atoms with Gasteiger partial charge in [0.05, 0.1) is 13.2 Å². The minimum atomic E-state index is -0.0607. The smallest absolute Gasteiger partial charge is 0.238 e. The predicted molar refractivity (Wildman–Crippen MR) is 114 cm³/mol. The molecule has 0 aromatic heterocycles. The highest BCUT2D eigenvalue weighted by Crippen LogP contribution is 2.17. The highest BCUT2D eigenvalue weighted by atomic mass is 16.5. The van der Waals surface area contributed by atoms with Crippen molar-refractivity contribution < 1.29 is 9.53 Å². The van der Waals surface area contributed by atoms with Gasteiger partial charge < -0.3 is 15.4 Å². The van der Waals surface area contributed by atoms with Gasteiger partial charge in [0, 0.05) is 18.2 Å². The lowest BCUT2D eigenvalue weighted by molar-refractivity contribution is -0.115. The molecule has 3 rings (SSSR count). The number of amides is 1. The first-order chi connectivity index (χ1) is 13.8. The summed E-state index contributed by atoms with van der Waals surface area (Å²) in [4.78, 5) is 12.1. The van der Waals surface area contributed by atoms with E-state index < -0.39 is 0 Å². The van der Waals surface area contributed by atoms with E-state index in [0.717, 1.165) is 30.8 Å². The maximum Gasteiger partial charge on any atom is 0.238 e. The maximum atomic E-state index is 12.1. The number of anilines is 1. The molecule has 0 heterocycles. The number of rotatable bonds is 10. The van der Waals surface area contributed by atoms with Gasteiger partial charge in [0.2, 0.25) is 5.91 Å². The number of hydrogen-bond acceptors (Lipinski definition) is 3. The third-order valence-electron chi connectivity index (χ3n) is 4.34. The summed E-state index contributed by atoms with van der Waals surface area (Å²) in [6, 6.07) is 28.0. The fourth-order valence-corrected chi connectivity index (χ4v) is 2.88. The third kappa shape index (κ3) is 6.89. The normalized spacial score (nSPS) is 10.4. The summed E-state index contributed by atoms with van der Waals surface area (Å²) in [5.41, 5.74) is 3.25. The van der Waals surface area contributed by atoms with Crippen LogP contribution in [-0.4, -0.2) is 25.6 Å². The fraction of sp³-hybridized carbons (Fsp3) is 0.208. The molecule has 0 aliphatic carbocycles. The van der Waals surface area contributed by atoms with E-state index >= 15 is 0 Å². The molecule has 0 aliphatic heterocycles. The van der Waals surface area contributed by atoms with Crippen LogP contribution in [0.2, 0.25) is 0 Å². The lowest BCUT2D eigenvalue weighted by atomic mass is 10.1. The average molecular weight is 374 g/mol. The Kier molecular flexibility index (Phi) is 7.65. The molecular weight excluding hydrogens is 348 g/mol. The molecule has 0 saturated heterocycles. The van der Waals surface area contributed by atoms with Crippen molar-refractivity contribution in [3.8, 4) is 5.75 Å². The first-order valence-corrected chi connectivity index (χ1v) is 9.61. The van der Waals surface area contributed by atoms with Crippen LogP contribution in [0, 0.1) is 0 Å². The molecule has 2 N–H and O–H groups in total. The molecule has 0 radical (unpaired) electrons. The zero-order chi connectivity index (χ0) is 19.4. The predicted octanol–water partition coefficient (Wildman–Crippen LogP) is 4.08. The van der Waals surface area contributed by atoms with Crippen molar-refractivity contribution >= 4 is 11.6 Å². The largest absolute Gasteiger partial charge is 0.493 e. The number of nitrogens with one attached hydrogen (secondary N) is 2. The fourth-order valence-electron chi connectivity index (χ4n) is 2.88. The van der Waals surface area contributed by atoms with Crippen LogP contribution in [0.5, 0.6) is 5.75 Å². The van der Waals surface area contributed by atoms with Gasteiger partial charge in [0.15, 0.2) is 0 Å². The molecular formula is C24H26N2O2. The second kappa shape index (κ2) is 10.9. The molecule has 0 spiro atoms. The van der Waals surface area contributed by atoms with Crippen LogP contribution in [0.1, 0.15) is 11.1 Å². The van der Waals surface area contributed by atoms with Crippen molar-refractivity contribution in [1.82, 2.24) is 5.32 Å². The second-order valence-electron chi connectivity index (χ2n) is 6.57. The van der Waals surface area contributed by atoms with E-state index in [0.29, 0.717) is 6.61 Å². The van der Waals surface area contributed by atoms with Crippen molar-refractivity contribution in [1.29, 1.82) is 0 Å². The van der Waals surface area contributed by atoms with Crippen molar-refractivity contribution in [2.45, 2.75) is 12.8 Å². The third-order valence-corrected chi connectivity index (χ3v) is 4.34. The Hall–Kier alpha value is -3.11. The van der Waals surface area contributed by atoms with Crippen molar-refractivity contribution in [3.05, 3.63) is 96.1 Å². The molecule has 3 aromatic carbocycles. The van der Waals surface area contributed by atoms with E-state index in [1.165, 1.54) is 11.1 Å². The van der Waals surface area contributed by atoms with Crippen LogP contribution in [0.3, 0.4) is 0 Å². The molecule has 3 aromatic rings. The summed E-state index contributed by atoms with van der Waals surface area (Å²) in [5, 5.41) is 6.09. The SMILES string of the molecule is O=C(CNCCc1ccccc1)Nc1cccc(OCCc2ccccc2)c1. The molecule has 0 saturated carbocycles. The maximum absolute atomic E-state index is 12.1. The van der Waals surface area contributed by atoms with Gasteiger partial charge in [-0.3, -0.25) is 4.79 Å². The Bertz CT molecular complexity index is 851. The summed E-state index contributed by atoms with van der Waals surface area (Å²) in [7, 11) is 0. The highest BCUT2D eigenvalue weighted by Gasteiger charge is 2.03. The van der Waals surface area contributed by atoms with Crippen LogP contribution in [0.4, 0.5) is 5.69 Å². The Labute approximate surface area is 166 Å². The van der Waals surface area contributed by atoms with Crippen molar-refractivity contribution in [3.63, 3.8) is 0 Å². The van der Waals surface area contributed by atoms with Crippen molar-refractivity contribution in [2.75, 3.05) is 25.0 Å². The van der Waals surface area contributed by atoms with E-state index in [2.05, 4.69) is 34.9 Å². The minimum absolute atomic E-state index is 0.0607. The van der Waals surface area contributed by atoms with Crippen LogP contribution in [0.15, 0.2) is 84.9 Å². The molecule has 0 unspecified atom stereocenters. The average Bonchev–Trinajstić information content (AvgIpc) is 2.73. The lowest BCUT2D eigenvalue weighted by Gasteiger charge is -2.10. The van der Waals surface area contributed by atoms with Crippen LogP contribution in [0.25, 0.3) is 0 Å². The summed E-state index contributed by atoms with van der Waals surface area (Å²) in [5.74, 6) is 0.695. The monoisotopic (exact) mass is 374 g/mol. The van der Waals surface area contributed by atoms with Gasteiger partial charge in [0.25, 0.3) is 0 Å². The Morgan fingerprint density at radius 2 is 1.46 bits per heavy atom. The molecule has 1 amide bonds. The summed E-state index contributed by atoms with van der Waals surface area (Å²) in [6.45, 7) is 1.65. The number of benzene rings is 3. The van der Waals surface area contributed by atoms with E-state index in [9.17, 15) is 4.79 Å². The van der Waals surface area contributed by atoms with Crippen molar-refractivity contribution in [2.24, 2.45) is 0 Å². The summed E-state index contributed by atoms with van der Waals surface area (Å²) < 4.78 is 5.81. The van der Waals surface area contributed by atoms with Crippen LogP contribution >= 0.6 is 0 Å². The Morgan fingerprint density at radius 1 is 0.786 bits per heavy atom. The van der Waals surface area contributed by atoms with Gasteiger partial charge in [-0.15, -0.1) is 0 Å². The zero-order valence-electron chi connectivity index (χ0n) is 15.9. The molecule has 4 heteroatoms. The number of carbonyl (C=O) groups is 1. The molecule has 144 valence electrons. The standard InChI is InChI=1S/C24H26N2O2/c27-24(19-25-16-14-20-8-3-1-4-9-20)26-22-12-7-13-23(18-22)28-17-15-21-10-5-2-6-11-21/h1-13,18,25H,14-17,19H2,(H,26,27). The van der Waals surface area contributed by atoms with Gasteiger partial charge in [0.1, 0.15) is 5.75 Å². The topological polar surface area (TPSA) is 50.4 Å². The Morgan fingerprint density at radius 3 is 2.18 bits per heavy atom. The molecule has 0 aliphatic rings. The first kappa shape index (κ1) is 19.6. The van der Waals surface area contributed by atoms with Gasteiger partial charge in [-0.1, -0.05) is 66.7 Å². The van der Waals surface area contributed by atoms with E-state index in [1.807, 2.05) is 60.7 Å². The quantitative estimate of drug-likeness (QED) is 0.526. The Balaban J connectivity index is 1.37. The lowest BCUT2D eigenvalue weighted by Crippen LogP contribution is -2.29. The number of carbonyl (C=O) groups excluding carboxylic acids is 1. The molecule has 0 atom stereocenters. The van der Waals surface area contributed by atoms with E-state index in [4.69, 9.17) is 4.74 Å².